The van der Waals surface area contributed by atoms with E-state index < -0.39 is 0 Å². The van der Waals surface area contributed by atoms with E-state index in [1.54, 1.807) is 31.4 Å². The topological polar surface area (TPSA) is 71.4 Å². The number of carbonyl (C=O) groups is 1. The molecule has 2 aromatic heterocycles. The van der Waals surface area contributed by atoms with Crippen LogP contribution in [0.3, 0.4) is 0 Å². The third kappa shape index (κ3) is 3.03. The average molecular weight is 325 g/mol. The number of ether oxygens (including phenoxy) is 1. The van der Waals surface area contributed by atoms with Gasteiger partial charge in [0, 0.05) is 12.6 Å². The first-order chi connectivity index (χ1) is 11.6. The number of amides is 1. The van der Waals surface area contributed by atoms with E-state index in [1.165, 1.54) is 0 Å². The van der Waals surface area contributed by atoms with Crippen molar-refractivity contribution in [2.75, 3.05) is 14.2 Å². The summed E-state index contributed by atoms with van der Waals surface area (Å²) in [5, 5.41) is 7.04. The Hall–Kier alpha value is -3.02. The average Bonchev–Trinajstić information content (AvgIpc) is 3.31. The molecule has 0 aliphatic rings. The van der Waals surface area contributed by atoms with Crippen molar-refractivity contribution in [1.82, 2.24) is 15.1 Å². The van der Waals surface area contributed by atoms with Crippen LogP contribution in [0.15, 0.2) is 53.1 Å². The van der Waals surface area contributed by atoms with Gasteiger partial charge >= 0.3 is 0 Å². The SMILES string of the molecule is COc1ccc(-c2cc(C(=O)N(C)[C@H](C)c3ccco3)[nH]n2)cc1. The Kier molecular flexibility index (Phi) is 4.37. The molecule has 0 unspecified atom stereocenters. The van der Waals surface area contributed by atoms with E-state index in [0.29, 0.717) is 11.4 Å². The molecule has 0 saturated carbocycles. The number of hydrogen-bond acceptors (Lipinski definition) is 4. The molecule has 0 saturated heterocycles. The molecule has 0 bridgehead atoms. The van der Waals surface area contributed by atoms with E-state index in [4.69, 9.17) is 9.15 Å². The number of H-pyrrole nitrogens is 1. The molecule has 1 aromatic carbocycles. The van der Waals surface area contributed by atoms with Gasteiger partial charge in [0.2, 0.25) is 0 Å². The zero-order valence-electron chi connectivity index (χ0n) is 13.8. The number of hydrogen-bond donors (Lipinski definition) is 1. The number of methoxy groups -OCH3 is 1. The third-order valence-corrected chi connectivity index (χ3v) is 4.05. The van der Waals surface area contributed by atoms with Crippen LogP contribution >= 0.6 is 0 Å². The minimum atomic E-state index is -0.166. The summed E-state index contributed by atoms with van der Waals surface area (Å²) in [5.74, 6) is 1.37. The summed E-state index contributed by atoms with van der Waals surface area (Å²) in [5.41, 5.74) is 2.05. The monoisotopic (exact) mass is 325 g/mol. The second kappa shape index (κ2) is 6.62. The largest absolute Gasteiger partial charge is 0.497 e. The zero-order valence-corrected chi connectivity index (χ0v) is 13.8. The Bertz CT molecular complexity index is 806. The van der Waals surface area contributed by atoms with Crippen LogP contribution in [0.25, 0.3) is 11.3 Å². The number of carbonyl (C=O) groups excluding carboxylic acids is 1. The van der Waals surface area contributed by atoms with Crippen molar-refractivity contribution in [3.8, 4) is 17.0 Å². The normalized spacial score (nSPS) is 12.0. The number of aromatic nitrogens is 2. The predicted octanol–water partition coefficient (Wildman–Crippen LogP) is 3.51. The minimum absolute atomic E-state index is 0.147. The number of benzene rings is 1. The molecule has 0 aliphatic carbocycles. The Labute approximate surface area is 140 Å². The van der Waals surface area contributed by atoms with Crippen LogP contribution in [-0.4, -0.2) is 35.2 Å². The highest BCUT2D eigenvalue weighted by Gasteiger charge is 2.22. The van der Waals surface area contributed by atoms with Crippen LogP contribution < -0.4 is 4.74 Å². The summed E-state index contributed by atoms with van der Waals surface area (Å²) in [6, 6.07) is 12.8. The van der Waals surface area contributed by atoms with Crippen LogP contribution in [0, 0.1) is 0 Å². The molecule has 124 valence electrons. The van der Waals surface area contributed by atoms with Gasteiger partial charge in [-0.05, 0) is 49.4 Å². The first kappa shape index (κ1) is 15.9. The Balaban J connectivity index is 1.77. The minimum Gasteiger partial charge on any atom is -0.497 e. The van der Waals surface area contributed by atoms with Gasteiger partial charge in [-0.25, -0.2) is 0 Å². The second-order valence-electron chi connectivity index (χ2n) is 5.50. The van der Waals surface area contributed by atoms with E-state index in [9.17, 15) is 4.79 Å². The molecule has 0 aliphatic heterocycles. The zero-order chi connectivity index (χ0) is 17.1. The molecule has 24 heavy (non-hydrogen) atoms. The molecule has 1 amide bonds. The molecule has 1 N–H and O–H groups in total. The first-order valence-corrected chi connectivity index (χ1v) is 7.60. The van der Waals surface area contributed by atoms with Gasteiger partial charge < -0.3 is 14.1 Å². The standard InChI is InChI=1S/C18H19N3O3/c1-12(17-5-4-10-24-17)21(2)18(22)16-11-15(19-20-16)13-6-8-14(23-3)9-7-13/h4-12H,1-3H3,(H,19,20)/t12-/m1/s1. The lowest BCUT2D eigenvalue weighted by molar-refractivity contribution is 0.0720. The summed E-state index contributed by atoms with van der Waals surface area (Å²) in [6.45, 7) is 1.91. The van der Waals surface area contributed by atoms with Gasteiger partial charge in [0.15, 0.2) is 0 Å². The summed E-state index contributed by atoms with van der Waals surface area (Å²) in [7, 11) is 3.36. The fourth-order valence-electron chi connectivity index (χ4n) is 2.43. The lowest BCUT2D eigenvalue weighted by atomic mass is 10.1. The third-order valence-electron chi connectivity index (χ3n) is 4.05. The number of rotatable bonds is 5. The number of nitrogens with one attached hydrogen (secondary N) is 1. The fraction of sp³-hybridized carbons (Fsp3) is 0.222. The maximum Gasteiger partial charge on any atom is 0.272 e. The van der Waals surface area contributed by atoms with Crippen molar-refractivity contribution in [2.45, 2.75) is 13.0 Å². The summed E-state index contributed by atoms with van der Waals surface area (Å²) < 4.78 is 10.5. The highest BCUT2D eigenvalue weighted by molar-refractivity contribution is 5.93. The van der Waals surface area contributed by atoms with Crippen molar-refractivity contribution >= 4 is 5.91 Å². The molecular weight excluding hydrogens is 306 g/mol. The smallest absolute Gasteiger partial charge is 0.272 e. The Morgan fingerprint density at radius 1 is 1.29 bits per heavy atom. The van der Waals surface area contributed by atoms with Gasteiger partial charge in [-0.2, -0.15) is 5.10 Å². The van der Waals surface area contributed by atoms with Crippen LogP contribution in [-0.2, 0) is 0 Å². The number of aromatic amines is 1. The molecule has 0 spiro atoms. The van der Waals surface area contributed by atoms with Crippen LogP contribution in [0.5, 0.6) is 5.75 Å². The number of nitrogens with zero attached hydrogens (tertiary/aromatic N) is 2. The summed E-state index contributed by atoms with van der Waals surface area (Å²) >= 11 is 0. The molecule has 6 nitrogen and oxygen atoms in total. The summed E-state index contributed by atoms with van der Waals surface area (Å²) in [6.07, 6.45) is 1.60. The van der Waals surface area contributed by atoms with Gasteiger partial charge in [0.1, 0.15) is 17.2 Å². The Morgan fingerprint density at radius 2 is 2.04 bits per heavy atom. The van der Waals surface area contributed by atoms with Crippen molar-refractivity contribution in [3.05, 3.63) is 60.2 Å². The highest BCUT2D eigenvalue weighted by atomic mass is 16.5. The predicted molar refractivity (Wildman–Crippen MR) is 89.8 cm³/mol. The maximum absolute atomic E-state index is 12.6. The van der Waals surface area contributed by atoms with Crippen LogP contribution in [0.2, 0.25) is 0 Å². The molecule has 2 heterocycles. The maximum atomic E-state index is 12.6. The van der Waals surface area contributed by atoms with Crippen LogP contribution in [0.4, 0.5) is 0 Å². The summed E-state index contributed by atoms with van der Waals surface area (Å²) in [4.78, 5) is 14.2. The lowest BCUT2D eigenvalue weighted by Crippen LogP contribution is -2.29. The fourth-order valence-corrected chi connectivity index (χ4v) is 2.43. The van der Waals surface area contributed by atoms with Crippen molar-refractivity contribution < 1.29 is 13.9 Å². The first-order valence-electron chi connectivity index (χ1n) is 7.60. The van der Waals surface area contributed by atoms with E-state index in [2.05, 4.69) is 10.2 Å². The second-order valence-corrected chi connectivity index (χ2v) is 5.50. The van der Waals surface area contributed by atoms with Crippen molar-refractivity contribution in [2.24, 2.45) is 0 Å². The Morgan fingerprint density at radius 3 is 2.67 bits per heavy atom. The molecule has 6 heteroatoms. The van der Waals surface area contributed by atoms with E-state index in [0.717, 1.165) is 17.1 Å². The molecule has 3 rings (SSSR count). The molecule has 3 aromatic rings. The molecule has 1 atom stereocenters. The molecule has 0 radical (unpaired) electrons. The van der Waals surface area contributed by atoms with Gasteiger partial charge in [0.05, 0.1) is 25.1 Å². The van der Waals surface area contributed by atoms with Crippen molar-refractivity contribution in [1.29, 1.82) is 0 Å². The van der Waals surface area contributed by atoms with E-state index in [1.807, 2.05) is 43.3 Å². The van der Waals surface area contributed by atoms with Gasteiger partial charge in [0.25, 0.3) is 5.91 Å². The van der Waals surface area contributed by atoms with Crippen LogP contribution in [0.1, 0.15) is 29.2 Å². The lowest BCUT2D eigenvalue weighted by Gasteiger charge is -2.22. The van der Waals surface area contributed by atoms with E-state index in [-0.39, 0.29) is 11.9 Å². The van der Waals surface area contributed by atoms with E-state index >= 15 is 0 Å². The molecular formula is C18H19N3O3. The highest BCUT2D eigenvalue weighted by Crippen LogP contribution is 2.24. The van der Waals surface area contributed by atoms with Gasteiger partial charge in [-0.3, -0.25) is 9.89 Å². The van der Waals surface area contributed by atoms with Gasteiger partial charge in [-0.15, -0.1) is 0 Å². The quantitative estimate of drug-likeness (QED) is 0.779. The van der Waals surface area contributed by atoms with Gasteiger partial charge in [-0.1, -0.05) is 0 Å². The number of furan rings is 1. The molecule has 0 fully saturated rings. The van der Waals surface area contributed by atoms with Crippen molar-refractivity contribution in [3.63, 3.8) is 0 Å².